The molecule has 98 valence electrons. The van der Waals surface area contributed by atoms with Gasteiger partial charge in [-0.05, 0) is 31.9 Å². The minimum absolute atomic E-state index is 0.133. The molecule has 1 N–H and O–H groups in total. The maximum atomic E-state index is 5.93. The topological polar surface area (TPSA) is 43.4 Å². The zero-order valence-electron chi connectivity index (χ0n) is 10.6. The average molecular weight is 248 g/mol. The number of ether oxygens (including phenoxy) is 2. The van der Waals surface area contributed by atoms with Crippen LogP contribution in [0.3, 0.4) is 0 Å². The van der Waals surface area contributed by atoms with Crippen molar-refractivity contribution in [1.82, 2.24) is 10.3 Å². The van der Waals surface area contributed by atoms with E-state index in [2.05, 4.69) is 10.3 Å². The van der Waals surface area contributed by atoms with Crippen molar-refractivity contribution in [2.75, 3.05) is 26.3 Å². The van der Waals surface area contributed by atoms with E-state index in [4.69, 9.17) is 9.47 Å². The Bertz CT molecular complexity index is 371. The van der Waals surface area contributed by atoms with Gasteiger partial charge in [-0.3, -0.25) is 0 Å². The lowest BCUT2D eigenvalue weighted by molar-refractivity contribution is -0.115. The van der Waals surface area contributed by atoms with Crippen molar-refractivity contribution in [3.05, 3.63) is 24.4 Å². The van der Waals surface area contributed by atoms with E-state index in [0.717, 1.165) is 32.5 Å². The van der Waals surface area contributed by atoms with Crippen LogP contribution in [0.2, 0.25) is 0 Å². The van der Waals surface area contributed by atoms with Crippen LogP contribution in [-0.4, -0.2) is 37.4 Å². The van der Waals surface area contributed by atoms with Gasteiger partial charge in [0.15, 0.2) is 0 Å². The lowest BCUT2D eigenvalue weighted by Gasteiger charge is -2.46. The highest BCUT2D eigenvalue weighted by Gasteiger charge is 2.44. The molecule has 2 fully saturated rings. The molecule has 1 aromatic heterocycles. The van der Waals surface area contributed by atoms with Crippen molar-refractivity contribution in [3.8, 4) is 5.88 Å². The van der Waals surface area contributed by atoms with Gasteiger partial charge in [0.25, 0.3) is 0 Å². The van der Waals surface area contributed by atoms with E-state index in [1.165, 1.54) is 6.42 Å². The highest BCUT2D eigenvalue weighted by molar-refractivity contribution is 5.10. The third-order valence-electron chi connectivity index (χ3n) is 4.03. The Morgan fingerprint density at radius 3 is 3.39 bits per heavy atom. The van der Waals surface area contributed by atoms with E-state index in [9.17, 15) is 0 Å². The van der Waals surface area contributed by atoms with Crippen LogP contribution in [0.5, 0.6) is 5.88 Å². The number of piperidine rings is 1. The van der Waals surface area contributed by atoms with Gasteiger partial charge >= 0.3 is 0 Å². The molecule has 0 unspecified atom stereocenters. The summed E-state index contributed by atoms with van der Waals surface area (Å²) < 4.78 is 11.8. The maximum absolute atomic E-state index is 5.93. The molecule has 2 atom stereocenters. The van der Waals surface area contributed by atoms with Crippen molar-refractivity contribution in [3.63, 3.8) is 0 Å². The van der Waals surface area contributed by atoms with E-state index in [0.29, 0.717) is 18.6 Å². The normalized spacial score (nSPS) is 31.7. The summed E-state index contributed by atoms with van der Waals surface area (Å²) in [6.07, 6.45) is 5.50. The lowest BCUT2D eigenvalue weighted by atomic mass is 9.73. The van der Waals surface area contributed by atoms with Crippen molar-refractivity contribution < 1.29 is 9.47 Å². The van der Waals surface area contributed by atoms with Gasteiger partial charge in [0, 0.05) is 30.8 Å². The second-order valence-corrected chi connectivity index (χ2v) is 5.25. The zero-order valence-corrected chi connectivity index (χ0v) is 10.6. The Labute approximate surface area is 108 Å². The second kappa shape index (κ2) is 5.24. The smallest absolute Gasteiger partial charge is 0.213 e. The van der Waals surface area contributed by atoms with Gasteiger partial charge in [0.2, 0.25) is 5.88 Å². The molecule has 3 heterocycles. The van der Waals surface area contributed by atoms with E-state index in [1.54, 1.807) is 6.20 Å². The summed E-state index contributed by atoms with van der Waals surface area (Å²) in [6.45, 7) is 3.64. The van der Waals surface area contributed by atoms with Crippen LogP contribution in [0.25, 0.3) is 0 Å². The standard InChI is InChI=1S/C14H20N2O2/c1-2-7-16-13(4-1)18-11-14-6-3-9-17-12(14)5-8-15-10-14/h1-2,4,7,12,15H,3,5-6,8-11H2/t12-,14-/m0/s1. The second-order valence-electron chi connectivity index (χ2n) is 5.25. The monoisotopic (exact) mass is 248 g/mol. The fourth-order valence-corrected chi connectivity index (χ4v) is 3.02. The molecular weight excluding hydrogens is 228 g/mol. The van der Waals surface area contributed by atoms with Gasteiger partial charge in [-0.1, -0.05) is 6.07 Å². The third-order valence-corrected chi connectivity index (χ3v) is 4.03. The van der Waals surface area contributed by atoms with Crippen molar-refractivity contribution in [2.45, 2.75) is 25.4 Å². The molecule has 0 aromatic carbocycles. The molecule has 4 heteroatoms. The van der Waals surface area contributed by atoms with Gasteiger partial charge in [0.05, 0.1) is 12.7 Å². The number of hydrogen-bond donors (Lipinski definition) is 1. The van der Waals surface area contributed by atoms with E-state index in [1.807, 2.05) is 18.2 Å². The fraction of sp³-hybridized carbons (Fsp3) is 0.643. The van der Waals surface area contributed by atoms with Gasteiger partial charge in [-0.15, -0.1) is 0 Å². The minimum atomic E-state index is 0.133. The van der Waals surface area contributed by atoms with Gasteiger partial charge in [-0.25, -0.2) is 4.98 Å². The summed E-state index contributed by atoms with van der Waals surface area (Å²) in [4.78, 5) is 4.21. The SMILES string of the molecule is c1ccc(OC[C@@]23CCCO[C@H]2CCNC3)nc1. The first kappa shape index (κ1) is 11.9. The average Bonchev–Trinajstić information content (AvgIpc) is 2.46. The number of aromatic nitrogens is 1. The number of pyridine rings is 1. The quantitative estimate of drug-likeness (QED) is 0.882. The molecule has 18 heavy (non-hydrogen) atoms. The van der Waals surface area contributed by atoms with Gasteiger partial charge in [0.1, 0.15) is 0 Å². The Hall–Kier alpha value is -1.13. The Morgan fingerprint density at radius 2 is 2.50 bits per heavy atom. The molecule has 0 aliphatic carbocycles. The fourth-order valence-electron chi connectivity index (χ4n) is 3.02. The van der Waals surface area contributed by atoms with Crippen LogP contribution < -0.4 is 10.1 Å². The zero-order chi connectivity index (χ0) is 12.3. The molecule has 0 radical (unpaired) electrons. The summed E-state index contributed by atoms with van der Waals surface area (Å²) in [7, 11) is 0. The first-order valence-electron chi connectivity index (χ1n) is 6.75. The first-order chi connectivity index (χ1) is 8.89. The summed E-state index contributed by atoms with van der Waals surface area (Å²) in [5.41, 5.74) is 0.133. The molecule has 4 nitrogen and oxygen atoms in total. The van der Waals surface area contributed by atoms with Crippen LogP contribution in [0.15, 0.2) is 24.4 Å². The van der Waals surface area contributed by atoms with Crippen molar-refractivity contribution >= 4 is 0 Å². The molecule has 2 aliphatic heterocycles. The predicted octanol–water partition coefficient (Wildman–Crippen LogP) is 1.62. The Morgan fingerprint density at radius 1 is 1.50 bits per heavy atom. The maximum Gasteiger partial charge on any atom is 0.213 e. The van der Waals surface area contributed by atoms with E-state index < -0.39 is 0 Å². The largest absolute Gasteiger partial charge is 0.477 e. The Balaban J connectivity index is 1.68. The van der Waals surface area contributed by atoms with E-state index in [-0.39, 0.29) is 5.41 Å². The van der Waals surface area contributed by atoms with Gasteiger partial charge in [-0.2, -0.15) is 0 Å². The molecule has 0 saturated carbocycles. The minimum Gasteiger partial charge on any atom is -0.477 e. The van der Waals surface area contributed by atoms with Gasteiger partial charge < -0.3 is 14.8 Å². The van der Waals surface area contributed by atoms with Crippen LogP contribution >= 0.6 is 0 Å². The van der Waals surface area contributed by atoms with E-state index >= 15 is 0 Å². The van der Waals surface area contributed by atoms with Crippen LogP contribution in [0.4, 0.5) is 0 Å². The third kappa shape index (κ3) is 2.35. The highest BCUT2D eigenvalue weighted by Crippen LogP contribution is 2.37. The highest BCUT2D eigenvalue weighted by atomic mass is 16.5. The summed E-state index contributed by atoms with van der Waals surface area (Å²) >= 11 is 0. The van der Waals surface area contributed by atoms with Crippen molar-refractivity contribution in [1.29, 1.82) is 0 Å². The number of rotatable bonds is 3. The molecule has 2 saturated heterocycles. The summed E-state index contributed by atoms with van der Waals surface area (Å²) in [5, 5.41) is 3.48. The molecule has 3 rings (SSSR count). The molecule has 0 spiro atoms. The molecule has 0 amide bonds. The van der Waals surface area contributed by atoms with Crippen molar-refractivity contribution in [2.24, 2.45) is 5.41 Å². The van der Waals surface area contributed by atoms with Crippen LogP contribution in [-0.2, 0) is 4.74 Å². The summed E-state index contributed by atoms with van der Waals surface area (Å²) in [5.74, 6) is 0.710. The first-order valence-corrected chi connectivity index (χ1v) is 6.75. The number of hydrogen-bond acceptors (Lipinski definition) is 4. The number of fused-ring (bicyclic) bond motifs is 1. The predicted molar refractivity (Wildman–Crippen MR) is 68.6 cm³/mol. The molecule has 0 bridgehead atoms. The Kier molecular flexibility index (Phi) is 3.48. The number of nitrogens with zero attached hydrogens (tertiary/aromatic N) is 1. The molecule has 2 aliphatic rings. The lowest BCUT2D eigenvalue weighted by Crippen LogP contribution is -2.56. The molecular formula is C14H20N2O2. The number of nitrogens with one attached hydrogen (secondary N) is 1. The molecule has 1 aromatic rings. The van der Waals surface area contributed by atoms with Crippen LogP contribution in [0.1, 0.15) is 19.3 Å². The van der Waals surface area contributed by atoms with Crippen LogP contribution in [0, 0.1) is 5.41 Å². The summed E-state index contributed by atoms with van der Waals surface area (Å²) in [6, 6.07) is 5.76.